The summed E-state index contributed by atoms with van der Waals surface area (Å²) in [6, 6.07) is 21.7. The van der Waals surface area contributed by atoms with E-state index in [-0.39, 0.29) is 17.9 Å². The lowest BCUT2D eigenvalue weighted by atomic mass is 10.0. The summed E-state index contributed by atoms with van der Waals surface area (Å²) >= 11 is 1.52. The summed E-state index contributed by atoms with van der Waals surface area (Å²) in [5.74, 6) is 0.659. The van der Waals surface area contributed by atoms with Gasteiger partial charge in [0.15, 0.2) is 0 Å². The van der Waals surface area contributed by atoms with Gasteiger partial charge in [-0.05, 0) is 47.0 Å². The highest BCUT2D eigenvalue weighted by Gasteiger charge is 2.11. The lowest BCUT2D eigenvalue weighted by molar-refractivity contribution is -0.119. The van der Waals surface area contributed by atoms with E-state index in [0.29, 0.717) is 17.1 Å². The van der Waals surface area contributed by atoms with E-state index in [0.717, 1.165) is 11.1 Å². The smallest absolute Gasteiger partial charge is 0.337 e. The molecule has 28 heavy (non-hydrogen) atoms. The zero-order valence-electron chi connectivity index (χ0n) is 16.0. The van der Waals surface area contributed by atoms with Gasteiger partial charge >= 0.3 is 5.97 Å². The van der Waals surface area contributed by atoms with E-state index in [1.165, 1.54) is 29.6 Å². The third-order valence-electron chi connectivity index (χ3n) is 4.50. The Morgan fingerprint density at radius 2 is 1.79 bits per heavy atom. The Labute approximate surface area is 169 Å². The molecule has 0 aromatic heterocycles. The number of amides is 1. The number of carbonyl (C=O) groups excluding carboxylic acids is 2. The van der Waals surface area contributed by atoms with Crippen molar-refractivity contribution in [3.05, 3.63) is 83.4 Å². The fourth-order valence-electron chi connectivity index (χ4n) is 3.01. The molecule has 0 saturated carbocycles. The molecule has 144 valence electrons. The SMILES string of the molecule is COC(=O)c1cccc(CSCC(=O)N[C@@H](C)c2ccc3ccccc3c2)c1. The largest absolute Gasteiger partial charge is 0.465 e. The monoisotopic (exact) mass is 393 g/mol. The van der Waals surface area contributed by atoms with Gasteiger partial charge in [0.2, 0.25) is 5.91 Å². The van der Waals surface area contributed by atoms with Gasteiger partial charge in [0.1, 0.15) is 0 Å². The summed E-state index contributed by atoms with van der Waals surface area (Å²) in [6.45, 7) is 1.99. The first-order valence-corrected chi connectivity index (χ1v) is 10.3. The van der Waals surface area contributed by atoms with Crippen molar-refractivity contribution in [1.29, 1.82) is 0 Å². The maximum absolute atomic E-state index is 12.3. The molecule has 1 atom stereocenters. The van der Waals surface area contributed by atoms with Gasteiger partial charge in [-0.1, -0.05) is 48.5 Å². The fourth-order valence-corrected chi connectivity index (χ4v) is 3.80. The van der Waals surface area contributed by atoms with Crippen LogP contribution in [0.15, 0.2) is 66.7 Å². The Morgan fingerprint density at radius 3 is 2.57 bits per heavy atom. The van der Waals surface area contributed by atoms with Crippen molar-refractivity contribution in [3.63, 3.8) is 0 Å². The van der Waals surface area contributed by atoms with Crippen molar-refractivity contribution >= 4 is 34.4 Å². The van der Waals surface area contributed by atoms with Crippen molar-refractivity contribution in [3.8, 4) is 0 Å². The summed E-state index contributed by atoms with van der Waals surface area (Å²) in [7, 11) is 1.37. The number of hydrogen-bond donors (Lipinski definition) is 1. The highest BCUT2D eigenvalue weighted by Crippen LogP contribution is 2.21. The number of ether oxygens (including phenoxy) is 1. The Hall–Kier alpha value is -2.79. The molecule has 3 aromatic carbocycles. The second kappa shape index (κ2) is 9.42. The number of thioether (sulfide) groups is 1. The van der Waals surface area contributed by atoms with Crippen LogP contribution in [0.4, 0.5) is 0 Å². The zero-order chi connectivity index (χ0) is 19.9. The van der Waals surface area contributed by atoms with Gasteiger partial charge in [-0.25, -0.2) is 4.79 Å². The molecule has 4 nitrogen and oxygen atoms in total. The highest BCUT2D eigenvalue weighted by molar-refractivity contribution is 7.99. The maximum Gasteiger partial charge on any atom is 0.337 e. The first-order chi connectivity index (χ1) is 13.6. The van der Waals surface area contributed by atoms with Gasteiger partial charge in [0, 0.05) is 5.75 Å². The third kappa shape index (κ3) is 5.14. The second-order valence-electron chi connectivity index (χ2n) is 6.58. The highest BCUT2D eigenvalue weighted by atomic mass is 32.2. The average Bonchev–Trinajstić information content (AvgIpc) is 2.73. The van der Waals surface area contributed by atoms with Crippen LogP contribution in [0, 0.1) is 0 Å². The summed E-state index contributed by atoms with van der Waals surface area (Å²) in [4.78, 5) is 23.9. The number of esters is 1. The molecule has 5 heteroatoms. The van der Waals surface area contributed by atoms with Crippen LogP contribution in [-0.2, 0) is 15.3 Å². The van der Waals surface area contributed by atoms with Crippen LogP contribution in [0.3, 0.4) is 0 Å². The minimum atomic E-state index is -0.353. The van der Waals surface area contributed by atoms with E-state index >= 15 is 0 Å². The average molecular weight is 394 g/mol. The zero-order valence-corrected chi connectivity index (χ0v) is 16.8. The van der Waals surface area contributed by atoms with E-state index < -0.39 is 0 Å². The quantitative estimate of drug-likeness (QED) is 0.589. The molecular weight excluding hydrogens is 370 g/mol. The van der Waals surface area contributed by atoms with Gasteiger partial charge in [0.25, 0.3) is 0 Å². The van der Waals surface area contributed by atoms with Gasteiger partial charge in [-0.15, -0.1) is 11.8 Å². The van der Waals surface area contributed by atoms with Crippen molar-refractivity contribution < 1.29 is 14.3 Å². The molecule has 1 amide bonds. The van der Waals surface area contributed by atoms with E-state index in [2.05, 4.69) is 35.6 Å². The van der Waals surface area contributed by atoms with Crippen LogP contribution in [0.1, 0.15) is 34.5 Å². The Bertz CT molecular complexity index is 986. The first kappa shape index (κ1) is 20.0. The molecule has 0 aliphatic heterocycles. The number of benzene rings is 3. The molecule has 0 aliphatic carbocycles. The Balaban J connectivity index is 1.51. The van der Waals surface area contributed by atoms with Crippen LogP contribution in [0.2, 0.25) is 0 Å². The van der Waals surface area contributed by atoms with E-state index in [4.69, 9.17) is 4.74 Å². The molecule has 0 bridgehead atoms. The number of hydrogen-bond acceptors (Lipinski definition) is 4. The van der Waals surface area contributed by atoms with Crippen LogP contribution in [-0.4, -0.2) is 24.7 Å². The lowest BCUT2D eigenvalue weighted by Crippen LogP contribution is -2.28. The number of methoxy groups -OCH3 is 1. The first-order valence-electron chi connectivity index (χ1n) is 9.10. The molecule has 0 saturated heterocycles. The van der Waals surface area contributed by atoms with Crippen LogP contribution < -0.4 is 5.32 Å². The molecule has 0 aliphatic rings. The third-order valence-corrected chi connectivity index (χ3v) is 5.50. The molecule has 0 spiro atoms. The maximum atomic E-state index is 12.3. The number of carbonyl (C=O) groups is 2. The van der Waals surface area contributed by atoms with E-state index in [1.807, 2.05) is 31.2 Å². The predicted octanol–water partition coefficient (Wildman–Crippen LogP) is 4.74. The minimum Gasteiger partial charge on any atom is -0.465 e. The van der Waals surface area contributed by atoms with Crippen molar-refractivity contribution in [2.45, 2.75) is 18.7 Å². The lowest BCUT2D eigenvalue weighted by Gasteiger charge is -2.15. The summed E-state index contributed by atoms with van der Waals surface area (Å²) in [5.41, 5.74) is 2.60. The topological polar surface area (TPSA) is 55.4 Å². The van der Waals surface area contributed by atoms with Crippen LogP contribution >= 0.6 is 11.8 Å². The molecule has 1 N–H and O–H groups in total. The number of rotatable bonds is 7. The van der Waals surface area contributed by atoms with E-state index in [1.54, 1.807) is 12.1 Å². The van der Waals surface area contributed by atoms with Gasteiger partial charge < -0.3 is 10.1 Å². The Morgan fingerprint density at radius 1 is 1.00 bits per heavy atom. The van der Waals surface area contributed by atoms with Crippen LogP contribution in [0.25, 0.3) is 10.8 Å². The molecular formula is C23H23NO3S. The van der Waals surface area contributed by atoms with Crippen molar-refractivity contribution in [2.75, 3.05) is 12.9 Å². The van der Waals surface area contributed by atoms with Crippen LogP contribution in [0.5, 0.6) is 0 Å². The molecule has 3 rings (SSSR count). The molecule has 0 radical (unpaired) electrons. The van der Waals surface area contributed by atoms with E-state index in [9.17, 15) is 9.59 Å². The normalized spacial score (nSPS) is 11.8. The number of fused-ring (bicyclic) bond motifs is 1. The Kier molecular flexibility index (Phi) is 6.71. The second-order valence-corrected chi connectivity index (χ2v) is 7.57. The summed E-state index contributed by atoms with van der Waals surface area (Å²) in [5, 5.41) is 5.41. The minimum absolute atomic E-state index is 0.00483. The molecule has 0 fully saturated rings. The summed E-state index contributed by atoms with van der Waals surface area (Å²) in [6.07, 6.45) is 0. The van der Waals surface area contributed by atoms with Crippen molar-refractivity contribution in [1.82, 2.24) is 5.32 Å². The molecule has 0 unspecified atom stereocenters. The van der Waals surface area contributed by atoms with Gasteiger partial charge in [0.05, 0.1) is 24.5 Å². The van der Waals surface area contributed by atoms with Gasteiger partial charge in [-0.2, -0.15) is 0 Å². The van der Waals surface area contributed by atoms with Gasteiger partial charge in [-0.3, -0.25) is 4.79 Å². The standard InChI is InChI=1S/C23H23NO3S/c1-16(19-11-10-18-7-3-4-8-20(18)13-19)24-22(25)15-28-14-17-6-5-9-21(12-17)23(26)27-2/h3-13,16H,14-15H2,1-2H3,(H,24,25)/t16-/m0/s1. The van der Waals surface area contributed by atoms with Crippen molar-refractivity contribution in [2.24, 2.45) is 0 Å². The molecule has 0 heterocycles. The number of nitrogens with one attached hydrogen (secondary N) is 1. The fraction of sp³-hybridized carbons (Fsp3) is 0.217. The molecule has 3 aromatic rings. The predicted molar refractivity (Wildman–Crippen MR) is 114 cm³/mol. The summed E-state index contributed by atoms with van der Waals surface area (Å²) < 4.78 is 4.74.